The van der Waals surface area contributed by atoms with E-state index in [2.05, 4.69) is 34.6 Å². The zero-order chi connectivity index (χ0) is 74.1. The summed E-state index contributed by atoms with van der Waals surface area (Å²) in [7, 11) is -9.91. The maximum Gasteiger partial charge on any atom is 0.472 e. The fourth-order valence-corrected chi connectivity index (χ4v) is 14.3. The van der Waals surface area contributed by atoms with Crippen LogP contribution in [0.3, 0.4) is 0 Å². The van der Waals surface area contributed by atoms with Crippen LogP contribution in [0, 0.1) is 5.92 Å². The highest BCUT2D eigenvalue weighted by atomic mass is 31.2. The summed E-state index contributed by atoms with van der Waals surface area (Å²) < 4.78 is 68.5. The van der Waals surface area contributed by atoms with Gasteiger partial charge in [0, 0.05) is 25.7 Å². The number of rotatable bonds is 82. The van der Waals surface area contributed by atoms with Crippen LogP contribution in [0.4, 0.5) is 0 Å². The maximum absolute atomic E-state index is 13.1. The van der Waals surface area contributed by atoms with E-state index in [1.54, 1.807) is 0 Å². The molecule has 0 aliphatic rings. The zero-order valence-electron chi connectivity index (χ0n) is 66.1. The molecule has 0 aliphatic carbocycles. The van der Waals surface area contributed by atoms with Crippen molar-refractivity contribution in [1.82, 2.24) is 0 Å². The molecule has 0 rings (SSSR count). The molecule has 0 aromatic carbocycles. The van der Waals surface area contributed by atoms with Crippen molar-refractivity contribution >= 4 is 39.5 Å². The first-order valence-corrected chi connectivity index (χ1v) is 45.7. The van der Waals surface area contributed by atoms with E-state index in [-0.39, 0.29) is 25.7 Å². The molecular formula is C82H160O17P2. The number of hydrogen-bond donors (Lipinski definition) is 3. The molecule has 0 saturated heterocycles. The molecule has 0 aliphatic heterocycles. The first kappa shape index (κ1) is 99.1. The Hall–Kier alpha value is -1.94. The van der Waals surface area contributed by atoms with Crippen LogP contribution >= 0.6 is 15.6 Å². The molecule has 0 aromatic heterocycles. The lowest BCUT2D eigenvalue weighted by atomic mass is 9.99. The highest BCUT2D eigenvalue weighted by Gasteiger charge is 2.30. The van der Waals surface area contributed by atoms with Gasteiger partial charge >= 0.3 is 39.5 Å². The largest absolute Gasteiger partial charge is 0.472 e. The molecule has 6 atom stereocenters. The first-order chi connectivity index (χ1) is 49.1. The summed E-state index contributed by atoms with van der Waals surface area (Å²) in [5, 5.41) is 10.6. The number of carbonyl (C=O) groups excluding carboxylic acids is 4. The summed E-state index contributed by atoms with van der Waals surface area (Å²) >= 11 is 0. The van der Waals surface area contributed by atoms with Gasteiger partial charge in [0.05, 0.1) is 26.4 Å². The smallest absolute Gasteiger partial charge is 0.462 e. The molecule has 0 saturated carbocycles. The Labute approximate surface area is 619 Å². The number of phosphoric acid groups is 2. The minimum Gasteiger partial charge on any atom is -0.462 e. The Kier molecular flexibility index (Phi) is 73.5. The molecule has 101 heavy (non-hydrogen) atoms. The van der Waals surface area contributed by atoms with E-state index in [9.17, 15) is 43.2 Å². The normalized spacial score (nSPS) is 14.1. The highest BCUT2D eigenvalue weighted by molar-refractivity contribution is 7.47. The molecule has 0 spiro atoms. The lowest BCUT2D eigenvalue weighted by Crippen LogP contribution is -2.30. The summed E-state index contributed by atoms with van der Waals surface area (Å²) in [5.41, 5.74) is 0. The number of phosphoric ester groups is 2. The van der Waals surface area contributed by atoms with Crippen molar-refractivity contribution in [2.75, 3.05) is 39.6 Å². The number of aliphatic hydroxyl groups excluding tert-OH is 1. The Bertz CT molecular complexity index is 1930. The number of hydrogen-bond acceptors (Lipinski definition) is 15. The van der Waals surface area contributed by atoms with Gasteiger partial charge < -0.3 is 33.8 Å². The molecule has 0 bridgehead atoms. The first-order valence-electron chi connectivity index (χ1n) is 42.7. The fraction of sp³-hybridized carbons (Fsp3) is 0.951. The van der Waals surface area contributed by atoms with Crippen molar-refractivity contribution in [3.05, 3.63) is 0 Å². The molecular weight excluding hydrogens is 1320 g/mol. The van der Waals surface area contributed by atoms with Gasteiger partial charge in [0.2, 0.25) is 0 Å². The van der Waals surface area contributed by atoms with E-state index in [0.29, 0.717) is 25.7 Å². The molecule has 0 heterocycles. The Morgan fingerprint density at radius 3 is 0.703 bits per heavy atom. The van der Waals surface area contributed by atoms with Crippen LogP contribution in [-0.4, -0.2) is 96.7 Å². The SMILES string of the molecule is CCCCCCCCCCCCCCCCCCCCCCCC(=O)OC[C@H](COP(=O)(O)OC[C@@H](O)COP(=O)(O)OC[C@@H](COC(=O)CCCCCCC)OC(=O)CCCCCCCCCCCCCCC)OC(=O)CCCCCCCCCCCCCCCCCCCCC(C)CC. The molecule has 0 amide bonds. The predicted molar refractivity (Wildman–Crippen MR) is 414 cm³/mol. The Morgan fingerprint density at radius 1 is 0.277 bits per heavy atom. The monoisotopic (exact) mass is 1480 g/mol. The van der Waals surface area contributed by atoms with Gasteiger partial charge in [0.25, 0.3) is 0 Å². The number of unbranched alkanes of at least 4 members (excludes halogenated alkanes) is 53. The number of carbonyl (C=O) groups is 4. The topological polar surface area (TPSA) is 237 Å². The van der Waals surface area contributed by atoms with Gasteiger partial charge in [0.15, 0.2) is 12.2 Å². The Balaban J connectivity index is 5.10. The predicted octanol–water partition coefficient (Wildman–Crippen LogP) is 24.8. The summed E-state index contributed by atoms with van der Waals surface area (Å²) in [5.74, 6) is -1.25. The number of aliphatic hydroxyl groups is 1. The summed E-state index contributed by atoms with van der Waals surface area (Å²) in [4.78, 5) is 72.7. The highest BCUT2D eigenvalue weighted by Crippen LogP contribution is 2.45. The van der Waals surface area contributed by atoms with Gasteiger partial charge in [-0.2, -0.15) is 0 Å². The van der Waals surface area contributed by atoms with E-state index in [4.69, 9.17) is 37.0 Å². The average Bonchev–Trinajstić information content (AvgIpc) is 0.961. The van der Waals surface area contributed by atoms with Crippen molar-refractivity contribution in [2.45, 2.75) is 457 Å². The zero-order valence-corrected chi connectivity index (χ0v) is 67.8. The Morgan fingerprint density at radius 2 is 0.475 bits per heavy atom. The van der Waals surface area contributed by atoms with Crippen LogP contribution in [0.1, 0.15) is 439 Å². The minimum atomic E-state index is -4.96. The van der Waals surface area contributed by atoms with Crippen LogP contribution in [0.25, 0.3) is 0 Å². The lowest BCUT2D eigenvalue weighted by Gasteiger charge is -2.21. The van der Waals surface area contributed by atoms with Crippen LogP contribution in [0.2, 0.25) is 0 Å². The van der Waals surface area contributed by atoms with E-state index in [0.717, 1.165) is 102 Å². The standard InChI is InChI=1S/C82H160O17P2/c1-6-10-13-16-18-20-22-24-25-26-27-28-29-33-36-40-43-47-51-56-61-66-80(85)93-72-78(99-82(87)68-63-58-53-49-45-41-37-34-31-30-32-35-39-42-46-50-55-59-64-75(5)9-4)74-97-101(90,91)95-70-76(83)69-94-100(88,89)96-73-77(71-92-79(84)65-60-54-15-12-8-3)98-81(86)67-62-57-52-48-44-38-23-21-19-17-14-11-7-2/h75-78,83H,6-74H2,1-5H3,(H,88,89)(H,90,91)/t75?,76-,77+,78+/m0/s1. The van der Waals surface area contributed by atoms with Crippen molar-refractivity contribution in [3.8, 4) is 0 Å². The fourth-order valence-electron chi connectivity index (χ4n) is 12.7. The van der Waals surface area contributed by atoms with Gasteiger partial charge in [-0.25, -0.2) is 9.13 Å². The number of ether oxygens (including phenoxy) is 4. The van der Waals surface area contributed by atoms with Crippen LogP contribution < -0.4 is 0 Å². The molecule has 3 unspecified atom stereocenters. The summed E-state index contributed by atoms with van der Waals surface area (Å²) in [6.45, 7) is 7.31. The third kappa shape index (κ3) is 74.7. The molecule has 0 radical (unpaired) electrons. The van der Waals surface area contributed by atoms with Crippen molar-refractivity contribution in [2.24, 2.45) is 5.92 Å². The maximum atomic E-state index is 13.1. The van der Waals surface area contributed by atoms with Crippen molar-refractivity contribution in [1.29, 1.82) is 0 Å². The van der Waals surface area contributed by atoms with Crippen LogP contribution in [0.15, 0.2) is 0 Å². The average molecular weight is 1480 g/mol. The van der Waals surface area contributed by atoms with Gasteiger partial charge in [-0.1, -0.05) is 388 Å². The van der Waals surface area contributed by atoms with Gasteiger partial charge in [-0.15, -0.1) is 0 Å². The second kappa shape index (κ2) is 74.9. The van der Waals surface area contributed by atoms with E-state index in [1.165, 1.54) is 257 Å². The van der Waals surface area contributed by atoms with Gasteiger partial charge in [-0.3, -0.25) is 37.3 Å². The molecule has 0 aromatic rings. The molecule has 17 nitrogen and oxygen atoms in total. The van der Waals surface area contributed by atoms with E-state index < -0.39 is 97.5 Å². The minimum absolute atomic E-state index is 0.107. The van der Waals surface area contributed by atoms with Crippen molar-refractivity contribution < 1.29 is 80.2 Å². The van der Waals surface area contributed by atoms with Crippen molar-refractivity contribution in [3.63, 3.8) is 0 Å². The quantitative estimate of drug-likeness (QED) is 0.0222. The van der Waals surface area contributed by atoms with Crippen LogP contribution in [-0.2, 0) is 65.4 Å². The summed E-state index contributed by atoms with van der Waals surface area (Å²) in [6, 6.07) is 0. The molecule has 600 valence electrons. The van der Waals surface area contributed by atoms with Crippen LogP contribution in [0.5, 0.6) is 0 Å². The van der Waals surface area contributed by atoms with E-state index in [1.807, 2.05) is 0 Å². The second-order valence-corrected chi connectivity index (χ2v) is 32.7. The van der Waals surface area contributed by atoms with Gasteiger partial charge in [0.1, 0.15) is 19.3 Å². The molecule has 3 N–H and O–H groups in total. The summed E-state index contributed by atoms with van der Waals surface area (Å²) in [6.07, 6.45) is 67.2. The molecule has 0 fully saturated rings. The van der Waals surface area contributed by atoms with E-state index >= 15 is 0 Å². The third-order valence-electron chi connectivity index (χ3n) is 19.6. The molecule has 19 heteroatoms. The van der Waals surface area contributed by atoms with Gasteiger partial charge in [-0.05, 0) is 31.6 Å². The number of esters is 4. The third-order valence-corrected chi connectivity index (χ3v) is 21.5. The lowest BCUT2D eigenvalue weighted by molar-refractivity contribution is -0.161. The second-order valence-electron chi connectivity index (χ2n) is 29.8.